The molecule has 1 aromatic heterocycles. The number of carboxylic acid groups (broad SMARTS) is 1. The van der Waals surface area contributed by atoms with E-state index in [1.54, 1.807) is 0 Å². The molecule has 0 amide bonds. The first-order chi connectivity index (χ1) is 4.70. The van der Waals surface area contributed by atoms with Crippen LogP contribution >= 0.6 is 15.9 Å². The Morgan fingerprint density at radius 3 is 2.50 bits per heavy atom. The number of aromatic nitrogens is 2. The third-order valence-corrected chi connectivity index (χ3v) is 1.08. The lowest BCUT2D eigenvalue weighted by Gasteiger charge is -1.67. The molecule has 5 heteroatoms. The number of nitrogens with zero attached hydrogens (tertiary/aromatic N) is 1. The smallest absolute Gasteiger partial charge is 0.290 e. The summed E-state index contributed by atoms with van der Waals surface area (Å²) in [6, 6.07) is 1.92. The molecule has 0 spiro atoms. The first-order valence-electron chi connectivity index (χ1n) is 2.46. The Labute approximate surface area is 66.4 Å². The minimum Gasteiger partial charge on any atom is -0.483 e. The van der Waals surface area contributed by atoms with E-state index in [-0.39, 0.29) is 6.47 Å². The van der Waals surface area contributed by atoms with Gasteiger partial charge in [-0.1, -0.05) is 0 Å². The van der Waals surface area contributed by atoms with Crippen molar-refractivity contribution in [2.24, 2.45) is 0 Å². The molecule has 56 valence electrons. The van der Waals surface area contributed by atoms with Crippen molar-refractivity contribution in [3.8, 4) is 0 Å². The molecule has 0 aliphatic carbocycles. The monoisotopic (exact) mass is 206 g/mol. The lowest BCUT2D eigenvalue weighted by molar-refractivity contribution is -0.122. The fourth-order valence-electron chi connectivity index (χ4n) is 0.385. The number of H-pyrrole nitrogens is 1. The molecule has 2 N–H and O–H groups in total. The van der Waals surface area contributed by atoms with Crippen LogP contribution < -0.4 is 0 Å². The number of nitrogens with one attached hydrogen (secondary N) is 1. The predicted molar refractivity (Wildman–Crippen MR) is 39.7 cm³/mol. The maximum atomic E-state index is 8.36. The van der Waals surface area contributed by atoms with Crippen molar-refractivity contribution >= 4 is 22.4 Å². The van der Waals surface area contributed by atoms with Crippen LogP contribution in [0.1, 0.15) is 5.69 Å². The molecular formula is C5H7BrN2O2. The number of hydrogen-bond donors (Lipinski definition) is 2. The van der Waals surface area contributed by atoms with Crippen molar-refractivity contribution in [2.75, 3.05) is 0 Å². The molecular weight excluding hydrogens is 200 g/mol. The second-order valence-electron chi connectivity index (χ2n) is 1.48. The third-order valence-electron chi connectivity index (χ3n) is 0.675. The standard InChI is InChI=1S/C4H5BrN2.CH2O2/c1-3-2-4(5)7-6-3;2-1-3/h2H,1H3,(H,6,7);1H,(H,2,3). The van der Waals surface area contributed by atoms with Crippen LogP contribution in [0.2, 0.25) is 0 Å². The van der Waals surface area contributed by atoms with Crippen LogP contribution in [0.5, 0.6) is 0 Å². The van der Waals surface area contributed by atoms with Gasteiger partial charge in [0.05, 0.1) is 0 Å². The molecule has 1 rings (SSSR count). The summed E-state index contributed by atoms with van der Waals surface area (Å²) >= 11 is 3.19. The summed E-state index contributed by atoms with van der Waals surface area (Å²) in [6.07, 6.45) is 0. The molecule has 0 aliphatic rings. The Balaban J connectivity index is 0.000000236. The van der Waals surface area contributed by atoms with E-state index in [0.717, 1.165) is 10.3 Å². The van der Waals surface area contributed by atoms with Crippen LogP contribution in [-0.4, -0.2) is 21.8 Å². The number of aromatic amines is 1. The molecule has 0 fully saturated rings. The van der Waals surface area contributed by atoms with Gasteiger partial charge >= 0.3 is 0 Å². The van der Waals surface area contributed by atoms with Crippen molar-refractivity contribution in [1.82, 2.24) is 10.2 Å². The van der Waals surface area contributed by atoms with E-state index in [1.165, 1.54) is 0 Å². The Kier molecular flexibility index (Phi) is 4.57. The second kappa shape index (κ2) is 4.99. The minimum atomic E-state index is -0.250. The molecule has 1 aromatic rings. The van der Waals surface area contributed by atoms with E-state index in [0.29, 0.717) is 0 Å². The van der Waals surface area contributed by atoms with Crippen LogP contribution in [0.4, 0.5) is 0 Å². The van der Waals surface area contributed by atoms with E-state index in [1.807, 2.05) is 13.0 Å². The molecule has 0 atom stereocenters. The Morgan fingerprint density at radius 1 is 1.90 bits per heavy atom. The summed E-state index contributed by atoms with van der Waals surface area (Å²) in [5.74, 6) is 0. The number of halogens is 1. The number of rotatable bonds is 0. The Morgan fingerprint density at radius 2 is 2.40 bits per heavy atom. The first-order valence-corrected chi connectivity index (χ1v) is 3.25. The molecule has 0 saturated heterocycles. The van der Waals surface area contributed by atoms with Crippen LogP contribution in [-0.2, 0) is 4.79 Å². The third kappa shape index (κ3) is 4.08. The molecule has 1 heterocycles. The summed E-state index contributed by atoms with van der Waals surface area (Å²) in [6.45, 7) is 1.71. The van der Waals surface area contributed by atoms with Gasteiger partial charge in [-0.15, -0.1) is 0 Å². The quantitative estimate of drug-likeness (QED) is 0.627. The predicted octanol–water partition coefficient (Wildman–Crippen LogP) is 1.18. The molecule has 0 aliphatic heterocycles. The summed E-state index contributed by atoms with van der Waals surface area (Å²) in [7, 11) is 0. The minimum absolute atomic E-state index is 0.250. The van der Waals surface area contributed by atoms with E-state index >= 15 is 0 Å². The number of aryl methyl sites for hydroxylation is 1. The van der Waals surface area contributed by atoms with E-state index in [9.17, 15) is 0 Å². The lowest BCUT2D eigenvalue weighted by Crippen LogP contribution is -1.66. The molecule has 0 saturated carbocycles. The lowest BCUT2D eigenvalue weighted by atomic mass is 10.5. The van der Waals surface area contributed by atoms with Crippen LogP contribution in [0.25, 0.3) is 0 Å². The van der Waals surface area contributed by atoms with Gasteiger partial charge in [0.2, 0.25) is 0 Å². The SMILES string of the molecule is Cc1cc(Br)n[nH]1.O=CO. The van der Waals surface area contributed by atoms with E-state index in [4.69, 9.17) is 9.90 Å². The van der Waals surface area contributed by atoms with Gasteiger partial charge in [0.25, 0.3) is 6.47 Å². The highest BCUT2D eigenvalue weighted by atomic mass is 79.9. The van der Waals surface area contributed by atoms with Crippen molar-refractivity contribution in [1.29, 1.82) is 0 Å². The first kappa shape index (κ1) is 9.16. The maximum Gasteiger partial charge on any atom is 0.290 e. The summed E-state index contributed by atoms with van der Waals surface area (Å²) in [4.78, 5) is 8.36. The van der Waals surface area contributed by atoms with E-state index in [2.05, 4.69) is 26.1 Å². The van der Waals surface area contributed by atoms with Gasteiger partial charge in [-0.05, 0) is 28.9 Å². The van der Waals surface area contributed by atoms with Crippen LogP contribution in [0.15, 0.2) is 10.7 Å². The zero-order chi connectivity index (χ0) is 7.98. The van der Waals surface area contributed by atoms with E-state index < -0.39 is 0 Å². The van der Waals surface area contributed by atoms with Gasteiger partial charge in [-0.3, -0.25) is 9.89 Å². The summed E-state index contributed by atoms with van der Waals surface area (Å²) in [5.41, 5.74) is 1.08. The van der Waals surface area contributed by atoms with Gasteiger partial charge in [0, 0.05) is 5.69 Å². The fraction of sp³-hybridized carbons (Fsp3) is 0.200. The molecule has 4 nitrogen and oxygen atoms in total. The number of hydrogen-bond acceptors (Lipinski definition) is 2. The van der Waals surface area contributed by atoms with Crippen molar-refractivity contribution < 1.29 is 9.90 Å². The van der Waals surface area contributed by atoms with Gasteiger partial charge < -0.3 is 5.11 Å². The van der Waals surface area contributed by atoms with Crippen LogP contribution in [0, 0.1) is 6.92 Å². The summed E-state index contributed by atoms with van der Waals surface area (Å²) < 4.78 is 0.866. The van der Waals surface area contributed by atoms with Gasteiger partial charge in [0.1, 0.15) is 4.60 Å². The molecule has 10 heavy (non-hydrogen) atoms. The fourth-order valence-corrected chi connectivity index (χ4v) is 0.817. The highest BCUT2D eigenvalue weighted by Crippen LogP contribution is 2.03. The maximum absolute atomic E-state index is 8.36. The van der Waals surface area contributed by atoms with Crippen molar-refractivity contribution in [3.63, 3.8) is 0 Å². The molecule has 0 aromatic carbocycles. The molecule has 0 unspecified atom stereocenters. The largest absolute Gasteiger partial charge is 0.483 e. The van der Waals surface area contributed by atoms with Crippen molar-refractivity contribution in [2.45, 2.75) is 6.92 Å². The Bertz CT molecular complexity index is 183. The highest BCUT2D eigenvalue weighted by Gasteiger charge is 1.86. The number of carbonyl (C=O) groups is 1. The van der Waals surface area contributed by atoms with Gasteiger partial charge in [-0.25, -0.2) is 0 Å². The molecule has 0 bridgehead atoms. The topological polar surface area (TPSA) is 66.0 Å². The zero-order valence-electron chi connectivity index (χ0n) is 5.34. The van der Waals surface area contributed by atoms with Crippen LogP contribution in [0.3, 0.4) is 0 Å². The van der Waals surface area contributed by atoms with Crippen molar-refractivity contribution in [3.05, 3.63) is 16.4 Å². The molecule has 0 radical (unpaired) electrons. The normalized spacial score (nSPS) is 7.80. The Hall–Kier alpha value is -0.840. The van der Waals surface area contributed by atoms with Gasteiger partial charge in [-0.2, -0.15) is 5.10 Å². The van der Waals surface area contributed by atoms with Gasteiger partial charge in [0.15, 0.2) is 0 Å². The zero-order valence-corrected chi connectivity index (χ0v) is 6.92. The average molecular weight is 207 g/mol. The highest BCUT2D eigenvalue weighted by molar-refractivity contribution is 9.10. The average Bonchev–Trinajstić information content (AvgIpc) is 2.17. The summed E-state index contributed by atoms with van der Waals surface area (Å²) in [5, 5.41) is 13.5. The second-order valence-corrected chi connectivity index (χ2v) is 2.29.